The van der Waals surface area contributed by atoms with E-state index in [1.807, 2.05) is 0 Å². The van der Waals surface area contributed by atoms with Crippen LogP contribution in [0.2, 0.25) is 10.0 Å². The molecule has 1 aromatic rings. The number of carbonyl (C=O) groups excluding carboxylic acids is 1. The third kappa shape index (κ3) is 4.68. The Bertz CT molecular complexity index is 414. The Kier molecular flexibility index (Phi) is 6.18. The van der Waals surface area contributed by atoms with Crippen molar-refractivity contribution in [1.82, 2.24) is 10.3 Å². The van der Waals surface area contributed by atoms with Crippen LogP contribution >= 0.6 is 23.2 Å². The molecule has 1 aromatic heterocycles. The van der Waals surface area contributed by atoms with Crippen LogP contribution in [0.1, 0.15) is 6.92 Å². The van der Waals surface area contributed by atoms with Crippen molar-refractivity contribution in [3.8, 4) is 0 Å². The third-order valence-electron chi connectivity index (χ3n) is 2.33. The Balaban J connectivity index is 2.32. The van der Waals surface area contributed by atoms with Gasteiger partial charge in [-0.1, -0.05) is 30.1 Å². The fourth-order valence-electron chi connectivity index (χ4n) is 1.19. The molecule has 1 amide bonds. The van der Waals surface area contributed by atoms with Crippen molar-refractivity contribution >= 4 is 34.9 Å². The second-order valence-corrected chi connectivity index (χ2v) is 4.68. The van der Waals surface area contributed by atoms with Gasteiger partial charge in [-0.3, -0.25) is 4.79 Å². The van der Waals surface area contributed by atoms with Crippen molar-refractivity contribution in [3.05, 3.63) is 22.3 Å². The van der Waals surface area contributed by atoms with E-state index in [4.69, 9.17) is 28.9 Å². The Morgan fingerprint density at radius 1 is 1.50 bits per heavy atom. The van der Waals surface area contributed by atoms with Gasteiger partial charge in [-0.15, -0.1) is 0 Å². The highest BCUT2D eigenvalue weighted by Crippen LogP contribution is 2.21. The molecule has 0 fully saturated rings. The smallest absolute Gasteiger partial charge is 0.224 e. The fourth-order valence-corrected chi connectivity index (χ4v) is 1.64. The van der Waals surface area contributed by atoms with Crippen molar-refractivity contribution in [3.63, 3.8) is 0 Å². The zero-order valence-corrected chi connectivity index (χ0v) is 11.6. The summed E-state index contributed by atoms with van der Waals surface area (Å²) in [6, 6.07) is 1.60. The number of nitrogens with one attached hydrogen (secondary N) is 2. The van der Waals surface area contributed by atoms with E-state index in [1.165, 1.54) is 6.20 Å². The minimum Gasteiger partial charge on any atom is -0.367 e. The van der Waals surface area contributed by atoms with Gasteiger partial charge in [0.1, 0.15) is 5.82 Å². The summed E-state index contributed by atoms with van der Waals surface area (Å²) in [6.07, 6.45) is 1.50. The van der Waals surface area contributed by atoms with Crippen LogP contribution in [0.25, 0.3) is 0 Å². The molecule has 0 spiro atoms. The molecule has 0 aliphatic carbocycles. The first-order chi connectivity index (χ1) is 8.54. The summed E-state index contributed by atoms with van der Waals surface area (Å²) in [6.45, 7) is 3.12. The molecule has 0 aliphatic heterocycles. The molecule has 0 saturated carbocycles. The van der Waals surface area contributed by atoms with E-state index < -0.39 is 0 Å². The monoisotopic (exact) mass is 290 g/mol. The number of aromatic nitrogens is 1. The number of nitrogens with two attached hydrogens (primary N) is 1. The maximum atomic E-state index is 11.4. The second-order valence-electron chi connectivity index (χ2n) is 3.84. The average Bonchev–Trinajstić information content (AvgIpc) is 2.35. The van der Waals surface area contributed by atoms with Gasteiger partial charge in [0, 0.05) is 31.7 Å². The summed E-state index contributed by atoms with van der Waals surface area (Å²) in [4.78, 5) is 15.5. The number of carbonyl (C=O) groups is 1. The van der Waals surface area contributed by atoms with Crippen molar-refractivity contribution in [2.45, 2.75) is 6.92 Å². The predicted molar refractivity (Wildman–Crippen MR) is 74.0 cm³/mol. The predicted octanol–water partition coefficient (Wildman–Crippen LogP) is 1.51. The lowest BCUT2D eigenvalue weighted by atomic mass is 10.2. The highest BCUT2D eigenvalue weighted by atomic mass is 35.5. The van der Waals surface area contributed by atoms with Gasteiger partial charge >= 0.3 is 0 Å². The van der Waals surface area contributed by atoms with Crippen LogP contribution in [0.5, 0.6) is 0 Å². The van der Waals surface area contributed by atoms with Crippen LogP contribution in [0.4, 0.5) is 5.82 Å². The lowest BCUT2D eigenvalue weighted by Crippen LogP contribution is -2.36. The van der Waals surface area contributed by atoms with E-state index in [-0.39, 0.29) is 11.8 Å². The van der Waals surface area contributed by atoms with E-state index in [1.54, 1.807) is 13.0 Å². The van der Waals surface area contributed by atoms with Gasteiger partial charge in [0.05, 0.1) is 10.0 Å². The minimum absolute atomic E-state index is 0.0607. The van der Waals surface area contributed by atoms with Crippen molar-refractivity contribution < 1.29 is 4.79 Å². The highest BCUT2D eigenvalue weighted by molar-refractivity contribution is 6.35. The molecular weight excluding hydrogens is 275 g/mol. The lowest BCUT2D eigenvalue weighted by Gasteiger charge is -2.11. The Labute approximate surface area is 116 Å². The minimum atomic E-state index is -0.178. The van der Waals surface area contributed by atoms with Crippen LogP contribution in [-0.4, -0.2) is 30.5 Å². The van der Waals surface area contributed by atoms with Crippen molar-refractivity contribution in [2.75, 3.05) is 25.0 Å². The zero-order chi connectivity index (χ0) is 13.5. The largest absolute Gasteiger partial charge is 0.367 e. The van der Waals surface area contributed by atoms with Crippen molar-refractivity contribution in [1.29, 1.82) is 0 Å². The summed E-state index contributed by atoms with van der Waals surface area (Å²) in [5, 5.41) is 6.69. The van der Waals surface area contributed by atoms with Crippen molar-refractivity contribution in [2.24, 2.45) is 11.7 Å². The fraction of sp³-hybridized carbons (Fsp3) is 0.455. The first kappa shape index (κ1) is 15.0. The molecular formula is C11H16Cl2N4O. The summed E-state index contributed by atoms with van der Waals surface area (Å²) >= 11 is 11.7. The number of anilines is 1. The summed E-state index contributed by atoms with van der Waals surface area (Å²) in [7, 11) is 0. The van der Waals surface area contributed by atoms with E-state index in [0.717, 1.165) is 0 Å². The maximum Gasteiger partial charge on any atom is 0.224 e. The summed E-state index contributed by atoms with van der Waals surface area (Å²) in [5.74, 6) is 0.305. The number of hydrogen-bond acceptors (Lipinski definition) is 4. The third-order valence-corrected chi connectivity index (χ3v) is 2.82. The Morgan fingerprint density at radius 3 is 2.83 bits per heavy atom. The van der Waals surface area contributed by atoms with Gasteiger partial charge in [0.25, 0.3) is 0 Å². The molecule has 0 aliphatic rings. The zero-order valence-electron chi connectivity index (χ0n) is 10.0. The number of halogens is 2. The molecule has 1 heterocycles. The molecule has 0 saturated heterocycles. The summed E-state index contributed by atoms with van der Waals surface area (Å²) < 4.78 is 0. The van der Waals surface area contributed by atoms with E-state index in [9.17, 15) is 4.79 Å². The molecule has 7 heteroatoms. The van der Waals surface area contributed by atoms with Gasteiger partial charge in [0.15, 0.2) is 0 Å². The number of hydrogen-bond donors (Lipinski definition) is 3. The van der Waals surface area contributed by atoms with E-state index in [0.29, 0.717) is 35.5 Å². The molecule has 4 N–H and O–H groups in total. The molecule has 0 bridgehead atoms. The number of rotatable bonds is 6. The van der Waals surface area contributed by atoms with Gasteiger partial charge in [-0.25, -0.2) is 4.98 Å². The van der Waals surface area contributed by atoms with Crippen LogP contribution in [0.3, 0.4) is 0 Å². The lowest BCUT2D eigenvalue weighted by molar-refractivity contribution is -0.124. The van der Waals surface area contributed by atoms with Crippen LogP contribution in [0, 0.1) is 5.92 Å². The normalized spacial score (nSPS) is 12.0. The van der Waals surface area contributed by atoms with E-state index >= 15 is 0 Å². The van der Waals surface area contributed by atoms with Gasteiger partial charge in [-0.05, 0) is 6.07 Å². The molecule has 1 rings (SSSR count). The topological polar surface area (TPSA) is 80.0 Å². The molecule has 1 atom stereocenters. The first-order valence-electron chi connectivity index (χ1n) is 5.57. The number of amides is 1. The van der Waals surface area contributed by atoms with Gasteiger partial charge < -0.3 is 16.4 Å². The second kappa shape index (κ2) is 7.41. The van der Waals surface area contributed by atoms with Crippen LogP contribution in [0.15, 0.2) is 12.3 Å². The highest BCUT2D eigenvalue weighted by Gasteiger charge is 2.09. The quantitative estimate of drug-likeness (QED) is 0.694. The molecule has 18 heavy (non-hydrogen) atoms. The SMILES string of the molecule is CC(CN)C(=O)NCCNc1ncc(Cl)cc1Cl. The molecule has 1 unspecified atom stereocenters. The molecule has 5 nitrogen and oxygen atoms in total. The summed E-state index contributed by atoms with van der Waals surface area (Å²) in [5.41, 5.74) is 5.39. The molecule has 100 valence electrons. The number of pyridine rings is 1. The standard InChI is InChI=1S/C11H16Cl2N4O/c1-7(5-14)11(18)16-3-2-15-10-9(13)4-8(12)6-17-10/h4,6-7H,2-3,5,14H2,1H3,(H,15,17)(H,16,18). The Hall–Kier alpha value is -1.04. The van der Waals surface area contributed by atoms with E-state index in [2.05, 4.69) is 15.6 Å². The first-order valence-corrected chi connectivity index (χ1v) is 6.33. The molecule has 0 aromatic carbocycles. The number of nitrogens with zero attached hydrogens (tertiary/aromatic N) is 1. The van der Waals surface area contributed by atoms with Gasteiger partial charge in [0.2, 0.25) is 5.91 Å². The van der Waals surface area contributed by atoms with Crippen LogP contribution < -0.4 is 16.4 Å². The Morgan fingerprint density at radius 2 is 2.22 bits per heavy atom. The average molecular weight is 291 g/mol. The molecule has 0 radical (unpaired) electrons. The van der Waals surface area contributed by atoms with Crippen LogP contribution in [-0.2, 0) is 4.79 Å². The van der Waals surface area contributed by atoms with Gasteiger partial charge in [-0.2, -0.15) is 0 Å². The maximum absolute atomic E-state index is 11.4.